The van der Waals surface area contributed by atoms with Crippen molar-refractivity contribution in [3.63, 3.8) is 0 Å². The molecule has 0 radical (unpaired) electrons. The van der Waals surface area contributed by atoms with Crippen molar-refractivity contribution in [2.24, 2.45) is 5.92 Å². The molecule has 1 aliphatic heterocycles. The second kappa shape index (κ2) is 3.02. The molecule has 0 aromatic rings. The maximum absolute atomic E-state index is 11.6. The first-order chi connectivity index (χ1) is 3.93. The third-order valence-corrected chi connectivity index (χ3v) is 1.68. The second-order valence-electron chi connectivity index (χ2n) is 2.34. The van der Waals surface area contributed by atoms with Crippen LogP contribution in [0, 0.1) is 5.92 Å². The van der Waals surface area contributed by atoms with Gasteiger partial charge in [0.05, 0.1) is 6.67 Å². The number of alkyl halides is 1. The van der Waals surface area contributed by atoms with Gasteiger partial charge in [-0.2, -0.15) is 0 Å². The van der Waals surface area contributed by atoms with E-state index in [2.05, 4.69) is 5.32 Å². The molecule has 8 heavy (non-hydrogen) atoms. The van der Waals surface area contributed by atoms with Crippen LogP contribution in [0.1, 0.15) is 12.8 Å². The molecular weight excluding hydrogens is 105 g/mol. The molecule has 1 saturated heterocycles. The number of halogens is 1. The van der Waals surface area contributed by atoms with Gasteiger partial charge >= 0.3 is 0 Å². The molecule has 1 N–H and O–H groups in total. The van der Waals surface area contributed by atoms with Gasteiger partial charge < -0.3 is 5.32 Å². The van der Waals surface area contributed by atoms with Crippen LogP contribution in [-0.4, -0.2) is 19.8 Å². The normalized spacial score (nSPS) is 28.9. The summed E-state index contributed by atoms with van der Waals surface area (Å²) in [6, 6.07) is 0. The average Bonchev–Trinajstić information content (AvgIpc) is 2.19. The topological polar surface area (TPSA) is 12.0 Å². The third-order valence-electron chi connectivity index (χ3n) is 1.68. The van der Waals surface area contributed by atoms with E-state index in [-0.39, 0.29) is 6.67 Å². The van der Waals surface area contributed by atoms with E-state index in [1.165, 1.54) is 6.42 Å². The minimum atomic E-state index is -0.146. The first-order valence-electron chi connectivity index (χ1n) is 3.20. The molecule has 0 spiro atoms. The van der Waals surface area contributed by atoms with E-state index < -0.39 is 0 Å². The molecule has 1 heterocycles. The summed E-state index contributed by atoms with van der Waals surface area (Å²) in [7, 11) is 0. The Labute approximate surface area is 49.3 Å². The lowest BCUT2D eigenvalue weighted by Gasteiger charge is -2.00. The largest absolute Gasteiger partial charge is 0.316 e. The van der Waals surface area contributed by atoms with Crippen molar-refractivity contribution in [2.75, 3.05) is 19.8 Å². The highest BCUT2D eigenvalue weighted by atomic mass is 19.1. The summed E-state index contributed by atoms with van der Waals surface area (Å²) >= 11 is 0. The zero-order chi connectivity index (χ0) is 5.82. The predicted octanol–water partition coefficient (Wildman–Crippen LogP) is 0.956. The van der Waals surface area contributed by atoms with Crippen LogP contribution in [0.4, 0.5) is 4.39 Å². The number of nitrogens with one attached hydrogen (secondary N) is 1. The van der Waals surface area contributed by atoms with E-state index in [1.807, 2.05) is 0 Å². The average molecular weight is 117 g/mol. The van der Waals surface area contributed by atoms with Crippen LogP contribution in [0.2, 0.25) is 0 Å². The Bertz CT molecular complexity index is 59.5. The van der Waals surface area contributed by atoms with Gasteiger partial charge in [-0.15, -0.1) is 0 Å². The van der Waals surface area contributed by atoms with Gasteiger partial charge in [-0.1, -0.05) is 0 Å². The Morgan fingerprint density at radius 2 is 2.50 bits per heavy atom. The molecule has 0 aromatic heterocycles. The predicted molar refractivity (Wildman–Crippen MR) is 31.6 cm³/mol. The highest BCUT2D eigenvalue weighted by molar-refractivity contribution is 4.69. The Hall–Kier alpha value is -0.110. The fraction of sp³-hybridized carbons (Fsp3) is 1.00. The first kappa shape index (κ1) is 6.02. The molecule has 1 rings (SSSR count). The van der Waals surface area contributed by atoms with Crippen LogP contribution in [0.3, 0.4) is 0 Å². The van der Waals surface area contributed by atoms with Gasteiger partial charge in [-0.25, -0.2) is 0 Å². The molecule has 0 amide bonds. The molecule has 0 aliphatic carbocycles. The fourth-order valence-corrected chi connectivity index (χ4v) is 1.12. The minimum Gasteiger partial charge on any atom is -0.316 e. The maximum atomic E-state index is 11.6. The quantitative estimate of drug-likeness (QED) is 0.568. The van der Waals surface area contributed by atoms with Crippen molar-refractivity contribution in [1.82, 2.24) is 5.32 Å². The van der Waals surface area contributed by atoms with Crippen LogP contribution < -0.4 is 5.32 Å². The van der Waals surface area contributed by atoms with Gasteiger partial charge in [0.15, 0.2) is 0 Å². The molecular formula is C6H12FN. The SMILES string of the molecule is FCC[C@@H]1CCNC1. The van der Waals surface area contributed by atoms with Crippen molar-refractivity contribution in [2.45, 2.75) is 12.8 Å². The molecule has 2 heteroatoms. The third kappa shape index (κ3) is 1.44. The molecule has 1 aliphatic rings. The first-order valence-corrected chi connectivity index (χ1v) is 3.20. The van der Waals surface area contributed by atoms with E-state index in [0.717, 1.165) is 19.5 Å². The molecule has 0 bridgehead atoms. The molecule has 1 fully saturated rings. The molecule has 1 atom stereocenters. The Morgan fingerprint density at radius 1 is 1.62 bits per heavy atom. The van der Waals surface area contributed by atoms with Gasteiger partial charge in [0.2, 0.25) is 0 Å². The molecule has 1 nitrogen and oxygen atoms in total. The smallest absolute Gasteiger partial charge is 0.0897 e. The monoisotopic (exact) mass is 117 g/mol. The van der Waals surface area contributed by atoms with Gasteiger partial charge in [-0.05, 0) is 31.8 Å². The Morgan fingerprint density at radius 3 is 3.00 bits per heavy atom. The van der Waals surface area contributed by atoms with E-state index in [9.17, 15) is 4.39 Å². The molecule has 48 valence electrons. The van der Waals surface area contributed by atoms with E-state index >= 15 is 0 Å². The van der Waals surface area contributed by atoms with Gasteiger partial charge in [0, 0.05) is 0 Å². The molecule has 0 saturated carbocycles. The van der Waals surface area contributed by atoms with Crippen molar-refractivity contribution in [3.8, 4) is 0 Å². The fourth-order valence-electron chi connectivity index (χ4n) is 1.12. The summed E-state index contributed by atoms with van der Waals surface area (Å²) in [6.45, 7) is 1.97. The Balaban J connectivity index is 2.06. The standard InChI is InChI=1S/C6H12FN/c7-3-1-6-2-4-8-5-6/h6,8H,1-5H2/t6-/m1/s1. The van der Waals surface area contributed by atoms with E-state index in [1.54, 1.807) is 0 Å². The highest BCUT2D eigenvalue weighted by Gasteiger charge is 2.12. The maximum Gasteiger partial charge on any atom is 0.0897 e. The number of hydrogen-bond acceptors (Lipinski definition) is 1. The summed E-state index contributed by atoms with van der Waals surface area (Å²) in [4.78, 5) is 0. The van der Waals surface area contributed by atoms with Crippen LogP contribution in [0.5, 0.6) is 0 Å². The lowest BCUT2D eigenvalue weighted by atomic mass is 10.1. The van der Waals surface area contributed by atoms with Crippen LogP contribution in [0.15, 0.2) is 0 Å². The van der Waals surface area contributed by atoms with Crippen molar-refractivity contribution < 1.29 is 4.39 Å². The number of rotatable bonds is 2. The zero-order valence-corrected chi connectivity index (χ0v) is 4.99. The lowest BCUT2D eigenvalue weighted by Crippen LogP contribution is -2.09. The van der Waals surface area contributed by atoms with Gasteiger partial charge in [0.25, 0.3) is 0 Å². The molecule has 0 unspecified atom stereocenters. The summed E-state index contributed by atoms with van der Waals surface area (Å²) < 4.78 is 11.6. The summed E-state index contributed by atoms with van der Waals surface area (Å²) in [6.07, 6.45) is 1.93. The van der Waals surface area contributed by atoms with E-state index in [0.29, 0.717) is 5.92 Å². The zero-order valence-electron chi connectivity index (χ0n) is 4.99. The van der Waals surface area contributed by atoms with Crippen LogP contribution >= 0.6 is 0 Å². The van der Waals surface area contributed by atoms with Crippen molar-refractivity contribution >= 4 is 0 Å². The van der Waals surface area contributed by atoms with Crippen LogP contribution in [0.25, 0.3) is 0 Å². The summed E-state index contributed by atoms with van der Waals surface area (Å²) in [5, 5.41) is 3.19. The van der Waals surface area contributed by atoms with Crippen molar-refractivity contribution in [1.29, 1.82) is 0 Å². The van der Waals surface area contributed by atoms with E-state index in [4.69, 9.17) is 0 Å². The van der Waals surface area contributed by atoms with Crippen molar-refractivity contribution in [3.05, 3.63) is 0 Å². The lowest BCUT2D eigenvalue weighted by molar-refractivity contribution is 0.403. The molecule has 0 aromatic carbocycles. The van der Waals surface area contributed by atoms with Crippen LogP contribution in [-0.2, 0) is 0 Å². The highest BCUT2D eigenvalue weighted by Crippen LogP contribution is 2.11. The summed E-state index contributed by atoms with van der Waals surface area (Å²) in [5.74, 6) is 0.625. The summed E-state index contributed by atoms with van der Waals surface area (Å²) in [5.41, 5.74) is 0. The van der Waals surface area contributed by atoms with Gasteiger partial charge in [0.1, 0.15) is 0 Å². The Kier molecular flexibility index (Phi) is 2.27. The minimum absolute atomic E-state index is 0.146. The van der Waals surface area contributed by atoms with Gasteiger partial charge in [-0.3, -0.25) is 4.39 Å². The number of hydrogen-bond donors (Lipinski definition) is 1. The second-order valence-corrected chi connectivity index (χ2v) is 2.34.